The molecule has 2 aromatic heterocycles. The van der Waals surface area contributed by atoms with Crippen molar-refractivity contribution in [3.63, 3.8) is 0 Å². The summed E-state index contributed by atoms with van der Waals surface area (Å²) >= 11 is 1.68. The van der Waals surface area contributed by atoms with Crippen molar-refractivity contribution in [1.82, 2.24) is 15.2 Å². The second-order valence-corrected chi connectivity index (χ2v) is 6.24. The van der Waals surface area contributed by atoms with Gasteiger partial charge in [-0.1, -0.05) is 11.3 Å². The second kappa shape index (κ2) is 5.85. The van der Waals surface area contributed by atoms with E-state index in [-0.39, 0.29) is 0 Å². The minimum atomic E-state index is 0.368. The van der Waals surface area contributed by atoms with Gasteiger partial charge in [-0.05, 0) is 31.7 Å². The fourth-order valence-corrected chi connectivity index (χ4v) is 3.69. The van der Waals surface area contributed by atoms with E-state index in [2.05, 4.69) is 20.5 Å². The highest BCUT2D eigenvalue weighted by molar-refractivity contribution is 7.14. The molecule has 2 heterocycles. The van der Waals surface area contributed by atoms with Gasteiger partial charge in [-0.25, -0.2) is 0 Å². The first kappa shape index (κ1) is 13.5. The topological polar surface area (TPSA) is 76.7 Å². The SMILES string of the molecule is CNc1ccncc1-c1nnc(C2CCC(N)CC2)s1. The van der Waals surface area contributed by atoms with Gasteiger partial charge >= 0.3 is 0 Å². The van der Waals surface area contributed by atoms with E-state index in [1.807, 2.05) is 19.3 Å². The Morgan fingerprint density at radius 3 is 2.80 bits per heavy atom. The van der Waals surface area contributed by atoms with Crippen LogP contribution in [0.1, 0.15) is 36.6 Å². The molecule has 0 saturated heterocycles. The smallest absolute Gasteiger partial charge is 0.151 e. The Kier molecular flexibility index (Phi) is 3.93. The zero-order valence-corrected chi connectivity index (χ0v) is 12.4. The predicted molar refractivity (Wildman–Crippen MR) is 81.9 cm³/mol. The van der Waals surface area contributed by atoms with Crippen LogP contribution in [0.3, 0.4) is 0 Å². The number of anilines is 1. The van der Waals surface area contributed by atoms with Gasteiger partial charge in [0.15, 0.2) is 5.01 Å². The molecule has 0 amide bonds. The molecule has 1 fully saturated rings. The van der Waals surface area contributed by atoms with Crippen molar-refractivity contribution in [2.24, 2.45) is 5.73 Å². The van der Waals surface area contributed by atoms with Crippen LogP contribution in [0.5, 0.6) is 0 Å². The lowest BCUT2D eigenvalue weighted by Crippen LogP contribution is -2.25. The maximum Gasteiger partial charge on any atom is 0.151 e. The molecule has 0 bridgehead atoms. The van der Waals surface area contributed by atoms with Gasteiger partial charge < -0.3 is 11.1 Å². The number of hydrogen-bond acceptors (Lipinski definition) is 6. The summed E-state index contributed by atoms with van der Waals surface area (Å²) < 4.78 is 0. The summed E-state index contributed by atoms with van der Waals surface area (Å²) in [4.78, 5) is 4.18. The molecule has 1 saturated carbocycles. The van der Waals surface area contributed by atoms with Crippen molar-refractivity contribution in [3.05, 3.63) is 23.5 Å². The molecular formula is C14H19N5S. The Balaban J connectivity index is 1.83. The highest BCUT2D eigenvalue weighted by Crippen LogP contribution is 2.37. The number of rotatable bonds is 3. The van der Waals surface area contributed by atoms with E-state index in [0.29, 0.717) is 12.0 Å². The summed E-state index contributed by atoms with van der Waals surface area (Å²) in [5, 5.41) is 14.0. The van der Waals surface area contributed by atoms with Gasteiger partial charge in [-0.3, -0.25) is 4.98 Å². The van der Waals surface area contributed by atoms with Crippen LogP contribution in [0.25, 0.3) is 10.6 Å². The van der Waals surface area contributed by atoms with Crippen molar-refractivity contribution in [2.45, 2.75) is 37.6 Å². The number of aromatic nitrogens is 3. The summed E-state index contributed by atoms with van der Waals surface area (Å²) in [7, 11) is 1.91. The predicted octanol–water partition coefficient (Wildman–Crippen LogP) is 2.63. The zero-order valence-electron chi connectivity index (χ0n) is 11.5. The molecule has 20 heavy (non-hydrogen) atoms. The van der Waals surface area contributed by atoms with Gasteiger partial charge in [0.25, 0.3) is 0 Å². The fourth-order valence-electron chi connectivity index (χ4n) is 2.66. The lowest BCUT2D eigenvalue weighted by molar-refractivity contribution is 0.393. The lowest BCUT2D eigenvalue weighted by Gasteiger charge is -2.23. The molecule has 0 spiro atoms. The van der Waals surface area contributed by atoms with Crippen molar-refractivity contribution >= 4 is 17.0 Å². The number of hydrogen-bond donors (Lipinski definition) is 2. The molecule has 2 aromatic rings. The van der Waals surface area contributed by atoms with Gasteiger partial charge in [0, 0.05) is 37.1 Å². The van der Waals surface area contributed by atoms with Crippen LogP contribution >= 0.6 is 11.3 Å². The summed E-state index contributed by atoms with van der Waals surface area (Å²) in [6, 6.07) is 2.32. The van der Waals surface area contributed by atoms with E-state index in [4.69, 9.17) is 5.73 Å². The van der Waals surface area contributed by atoms with E-state index in [0.717, 1.165) is 46.9 Å². The number of nitrogens with one attached hydrogen (secondary N) is 1. The quantitative estimate of drug-likeness (QED) is 0.908. The van der Waals surface area contributed by atoms with Gasteiger partial charge in [-0.2, -0.15) is 0 Å². The Morgan fingerprint density at radius 1 is 1.25 bits per heavy atom. The van der Waals surface area contributed by atoms with E-state index in [1.165, 1.54) is 0 Å². The van der Waals surface area contributed by atoms with Crippen molar-refractivity contribution < 1.29 is 0 Å². The first-order valence-corrected chi connectivity index (χ1v) is 7.80. The normalized spacial score (nSPS) is 22.7. The van der Waals surface area contributed by atoms with Crippen LogP contribution in [0, 0.1) is 0 Å². The van der Waals surface area contributed by atoms with E-state index in [9.17, 15) is 0 Å². The molecule has 6 heteroatoms. The average Bonchev–Trinajstić information content (AvgIpc) is 2.97. The van der Waals surface area contributed by atoms with Gasteiger partial charge in [0.05, 0.1) is 5.56 Å². The molecule has 1 aliphatic carbocycles. The maximum absolute atomic E-state index is 5.96. The number of nitrogens with zero attached hydrogens (tertiary/aromatic N) is 3. The van der Waals surface area contributed by atoms with E-state index >= 15 is 0 Å². The van der Waals surface area contributed by atoms with Crippen LogP contribution in [0.2, 0.25) is 0 Å². The highest BCUT2D eigenvalue weighted by atomic mass is 32.1. The fraction of sp³-hybridized carbons (Fsp3) is 0.500. The highest BCUT2D eigenvalue weighted by Gasteiger charge is 2.23. The van der Waals surface area contributed by atoms with Gasteiger partial charge in [-0.15, -0.1) is 10.2 Å². The molecule has 0 aromatic carbocycles. The molecular weight excluding hydrogens is 270 g/mol. The van der Waals surface area contributed by atoms with Crippen molar-refractivity contribution in [2.75, 3.05) is 12.4 Å². The summed E-state index contributed by atoms with van der Waals surface area (Å²) in [6.45, 7) is 0. The first-order chi connectivity index (χ1) is 9.78. The molecule has 3 rings (SSSR count). The van der Waals surface area contributed by atoms with Crippen molar-refractivity contribution in [3.8, 4) is 10.6 Å². The minimum absolute atomic E-state index is 0.368. The molecule has 0 radical (unpaired) electrons. The Morgan fingerprint density at radius 2 is 2.05 bits per heavy atom. The molecule has 5 nitrogen and oxygen atoms in total. The van der Waals surface area contributed by atoms with Crippen LogP contribution in [-0.4, -0.2) is 28.3 Å². The largest absolute Gasteiger partial charge is 0.387 e. The Hall–Kier alpha value is -1.53. The Labute approximate surface area is 122 Å². The average molecular weight is 289 g/mol. The van der Waals surface area contributed by atoms with Gasteiger partial charge in [0.2, 0.25) is 0 Å². The minimum Gasteiger partial charge on any atom is -0.387 e. The maximum atomic E-state index is 5.96. The zero-order chi connectivity index (χ0) is 13.9. The lowest BCUT2D eigenvalue weighted by atomic mass is 9.87. The molecule has 0 atom stereocenters. The molecule has 3 N–H and O–H groups in total. The summed E-state index contributed by atoms with van der Waals surface area (Å²) in [5.74, 6) is 0.524. The molecule has 0 aliphatic heterocycles. The van der Waals surface area contributed by atoms with Gasteiger partial charge in [0.1, 0.15) is 5.01 Å². The first-order valence-electron chi connectivity index (χ1n) is 6.99. The van der Waals surface area contributed by atoms with E-state index < -0.39 is 0 Å². The third kappa shape index (κ3) is 2.66. The summed E-state index contributed by atoms with van der Waals surface area (Å²) in [5.41, 5.74) is 8.02. The number of pyridine rings is 1. The third-order valence-electron chi connectivity index (χ3n) is 3.88. The van der Waals surface area contributed by atoms with Crippen LogP contribution in [0.15, 0.2) is 18.5 Å². The van der Waals surface area contributed by atoms with Crippen molar-refractivity contribution in [1.29, 1.82) is 0 Å². The van der Waals surface area contributed by atoms with Crippen LogP contribution in [-0.2, 0) is 0 Å². The monoisotopic (exact) mass is 289 g/mol. The second-order valence-electron chi connectivity index (χ2n) is 5.23. The van der Waals surface area contributed by atoms with Crippen LogP contribution < -0.4 is 11.1 Å². The third-order valence-corrected chi connectivity index (χ3v) is 5.00. The van der Waals surface area contributed by atoms with Crippen LogP contribution in [0.4, 0.5) is 5.69 Å². The molecule has 0 unspecified atom stereocenters. The Bertz CT molecular complexity index is 574. The number of nitrogens with two attached hydrogens (primary N) is 1. The van der Waals surface area contributed by atoms with E-state index in [1.54, 1.807) is 17.5 Å². The standard InChI is InChI=1S/C14H19N5S/c1-16-12-6-7-17-8-11(12)14-19-18-13(20-14)9-2-4-10(15)5-3-9/h6-10H,2-5,15H2,1H3,(H,16,17). The molecule has 1 aliphatic rings. The molecule has 106 valence electrons. The summed E-state index contributed by atoms with van der Waals surface area (Å²) in [6.07, 6.45) is 8.05.